The van der Waals surface area contributed by atoms with Gasteiger partial charge in [-0.3, -0.25) is 0 Å². The molecular formula is C12H17NO. The molecule has 0 aliphatic carbocycles. The van der Waals surface area contributed by atoms with Gasteiger partial charge >= 0.3 is 0 Å². The van der Waals surface area contributed by atoms with Crippen LogP contribution in [0.25, 0.3) is 0 Å². The summed E-state index contributed by atoms with van der Waals surface area (Å²) in [4.78, 5) is 0. The molecule has 1 aliphatic rings. The fourth-order valence-corrected chi connectivity index (χ4v) is 2.07. The van der Waals surface area contributed by atoms with Crippen molar-refractivity contribution in [3.8, 4) is 5.75 Å². The second-order valence-corrected chi connectivity index (χ2v) is 4.04. The largest absolute Gasteiger partial charge is 0.496 e. The van der Waals surface area contributed by atoms with Gasteiger partial charge in [-0.15, -0.1) is 0 Å². The Balaban J connectivity index is 2.40. The lowest BCUT2D eigenvalue weighted by atomic mass is 9.98. The van der Waals surface area contributed by atoms with Crippen molar-refractivity contribution in [3.05, 3.63) is 29.3 Å². The van der Waals surface area contributed by atoms with Crippen LogP contribution in [0.3, 0.4) is 0 Å². The third-order valence-corrected chi connectivity index (χ3v) is 2.81. The average Bonchev–Trinajstić information content (AvgIpc) is 2.38. The van der Waals surface area contributed by atoms with Crippen LogP contribution >= 0.6 is 0 Å². The highest BCUT2D eigenvalue weighted by molar-refractivity contribution is 5.41. The summed E-state index contributed by atoms with van der Waals surface area (Å²) in [5.74, 6) is 1.73. The maximum Gasteiger partial charge on any atom is 0.122 e. The minimum Gasteiger partial charge on any atom is -0.496 e. The zero-order chi connectivity index (χ0) is 9.97. The topological polar surface area (TPSA) is 21.3 Å². The quantitative estimate of drug-likeness (QED) is 0.733. The van der Waals surface area contributed by atoms with Crippen LogP contribution in [-0.4, -0.2) is 13.7 Å². The Morgan fingerprint density at radius 2 is 2.29 bits per heavy atom. The highest BCUT2D eigenvalue weighted by atomic mass is 16.5. The SMILES string of the molecule is COc1cccc2c1CC(C)CNC2. The summed E-state index contributed by atoms with van der Waals surface area (Å²) in [6.07, 6.45) is 1.12. The van der Waals surface area contributed by atoms with Crippen molar-refractivity contribution in [3.63, 3.8) is 0 Å². The molecule has 2 nitrogen and oxygen atoms in total. The number of benzene rings is 1. The fourth-order valence-electron chi connectivity index (χ4n) is 2.07. The molecule has 14 heavy (non-hydrogen) atoms. The van der Waals surface area contributed by atoms with E-state index < -0.39 is 0 Å². The summed E-state index contributed by atoms with van der Waals surface area (Å²) in [5, 5.41) is 3.45. The van der Waals surface area contributed by atoms with Gasteiger partial charge in [0.2, 0.25) is 0 Å². The van der Waals surface area contributed by atoms with Crippen LogP contribution in [0.5, 0.6) is 5.75 Å². The first-order valence-corrected chi connectivity index (χ1v) is 5.16. The van der Waals surface area contributed by atoms with E-state index in [4.69, 9.17) is 4.74 Å². The lowest BCUT2D eigenvalue weighted by Crippen LogP contribution is -2.17. The van der Waals surface area contributed by atoms with Crippen molar-refractivity contribution in [2.45, 2.75) is 19.9 Å². The van der Waals surface area contributed by atoms with Crippen molar-refractivity contribution in [1.29, 1.82) is 0 Å². The van der Waals surface area contributed by atoms with Gasteiger partial charge in [-0.2, -0.15) is 0 Å². The van der Waals surface area contributed by atoms with Gasteiger partial charge in [-0.1, -0.05) is 19.1 Å². The van der Waals surface area contributed by atoms with Crippen LogP contribution in [0.15, 0.2) is 18.2 Å². The lowest BCUT2D eigenvalue weighted by Gasteiger charge is -2.12. The lowest BCUT2D eigenvalue weighted by molar-refractivity contribution is 0.406. The summed E-state index contributed by atoms with van der Waals surface area (Å²) in [7, 11) is 1.75. The Hall–Kier alpha value is -1.02. The van der Waals surface area contributed by atoms with Gasteiger partial charge < -0.3 is 10.1 Å². The highest BCUT2D eigenvalue weighted by Crippen LogP contribution is 2.26. The smallest absolute Gasteiger partial charge is 0.122 e. The first-order valence-electron chi connectivity index (χ1n) is 5.16. The Kier molecular flexibility index (Phi) is 2.73. The average molecular weight is 191 g/mol. The first kappa shape index (κ1) is 9.53. The van der Waals surface area contributed by atoms with E-state index in [2.05, 4.69) is 30.4 Å². The monoisotopic (exact) mass is 191 g/mol. The van der Waals surface area contributed by atoms with Gasteiger partial charge in [0.15, 0.2) is 0 Å². The molecule has 0 aromatic heterocycles. The Labute approximate surface area is 85.3 Å². The summed E-state index contributed by atoms with van der Waals surface area (Å²) in [6.45, 7) is 4.34. The maximum absolute atomic E-state index is 5.39. The van der Waals surface area contributed by atoms with E-state index in [1.165, 1.54) is 11.1 Å². The van der Waals surface area contributed by atoms with Gasteiger partial charge in [-0.05, 0) is 36.1 Å². The van der Waals surface area contributed by atoms with Gasteiger partial charge in [0, 0.05) is 6.54 Å². The maximum atomic E-state index is 5.39. The molecule has 1 N–H and O–H groups in total. The first-order chi connectivity index (χ1) is 6.81. The van der Waals surface area contributed by atoms with Crippen molar-refractivity contribution in [1.82, 2.24) is 5.32 Å². The summed E-state index contributed by atoms with van der Waals surface area (Å²) < 4.78 is 5.39. The zero-order valence-electron chi connectivity index (χ0n) is 8.84. The van der Waals surface area contributed by atoms with Crippen LogP contribution < -0.4 is 10.1 Å². The van der Waals surface area contributed by atoms with Crippen LogP contribution in [-0.2, 0) is 13.0 Å². The van der Waals surface area contributed by atoms with E-state index in [9.17, 15) is 0 Å². The van der Waals surface area contributed by atoms with E-state index in [-0.39, 0.29) is 0 Å². The number of ether oxygens (including phenoxy) is 1. The van der Waals surface area contributed by atoms with E-state index in [1.54, 1.807) is 7.11 Å². The molecule has 2 rings (SSSR count). The van der Waals surface area contributed by atoms with Gasteiger partial charge in [-0.25, -0.2) is 0 Å². The molecule has 0 saturated carbocycles. The molecule has 1 aromatic carbocycles. The van der Waals surface area contributed by atoms with Crippen LogP contribution in [0, 0.1) is 5.92 Å². The predicted molar refractivity (Wildman–Crippen MR) is 57.6 cm³/mol. The number of fused-ring (bicyclic) bond motifs is 1. The number of rotatable bonds is 1. The Morgan fingerprint density at radius 3 is 3.07 bits per heavy atom. The third-order valence-electron chi connectivity index (χ3n) is 2.81. The summed E-state index contributed by atoms with van der Waals surface area (Å²) >= 11 is 0. The van der Waals surface area contributed by atoms with Gasteiger partial charge in [0.05, 0.1) is 7.11 Å². The number of nitrogens with one attached hydrogen (secondary N) is 1. The molecule has 0 bridgehead atoms. The molecule has 1 aromatic rings. The van der Waals surface area contributed by atoms with Crippen LogP contribution in [0.1, 0.15) is 18.1 Å². The highest BCUT2D eigenvalue weighted by Gasteiger charge is 2.15. The molecule has 0 spiro atoms. The van der Waals surface area contributed by atoms with E-state index >= 15 is 0 Å². The van der Waals surface area contributed by atoms with E-state index in [0.717, 1.165) is 25.3 Å². The number of hydrogen-bond acceptors (Lipinski definition) is 2. The zero-order valence-corrected chi connectivity index (χ0v) is 8.84. The molecule has 1 heterocycles. The standard InChI is InChI=1S/C12H17NO/c1-9-6-11-10(8-13-7-9)4-3-5-12(11)14-2/h3-5,9,13H,6-8H2,1-2H3. The molecule has 0 saturated heterocycles. The van der Waals surface area contributed by atoms with E-state index in [0.29, 0.717) is 5.92 Å². The van der Waals surface area contributed by atoms with Crippen molar-refractivity contribution in [2.24, 2.45) is 5.92 Å². The van der Waals surface area contributed by atoms with Crippen molar-refractivity contribution in [2.75, 3.05) is 13.7 Å². The van der Waals surface area contributed by atoms with Crippen molar-refractivity contribution >= 4 is 0 Å². The van der Waals surface area contributed by atoms with Crippen LogP contribution in [0.4, 0.5) is 0 Å². The molecule has 0 amide bonds. The number of methoxy groups -OCH3 is 1. The van der Waals surface area contributed by atoms with Gasteiger partial charge in [0.25, 0.3) is 0 Å². The minimum absolute atomic E-state index is 0.688. The molecule has 2 heteroatoms. The predicted octanol–water partition coefficient (Wildman–Crippen LogP) is 1.98. The minimum atomic E-state index is 0.688. The molecule has 1 unspecified atom stereocenters. The van der Waals surface area contributed by atoms with Gasteiger partial charge in [0.1, 0.15) is 5.75 Å². The molecule has 1 aliphatic heterocycles. The third kappa shape index (κ3) is 1.75. The Bertz CT molecular complexity index is 322. The number of hydrogen-bond donors (Lipinski definition) is 1. The summed E-state index contributed by atoms with van der Waals surface area (Å²) in [6, 6.07) is 6.30. The molecule has 76 valence electrons. The normalized spacial score (nSPS) is 21.1. The molecule has 0 fully saturated rings. The second-order valence-electron chi connectivity index (χ2n) is 4.04. The fraction of sp³-hybridized carbons (Fsp3) is 0.500. The summed E-state index contributed by atoms with van der Waals surface area (Å²) in [5.41, 5.74) is 2.77. The molecular weight excluding hydrogens is 174 g/mol. The molecule has 1 atom stereocenters. The molecule has 0 radical (unpaired) electrons. The Morgan fingerprint density at radius 1 is 1.43 bits per heavy atom. The van der Waals surface area contributed by atoms with E-state index in [1.807, 2.05) is 0 Å². The van der Waals surface area contributed by atoms with Crippen molar-refractivity contribution < 1.29 is 4.74 Å². The second kappa shape index (κ2) is 4.01. The van der Waals surface area contributed by atoms with Crippen LogP contribution in [0.2, 0.25) is 0 Å².